The minimum Gasteiger partial charge on any atom is -0.508 e. The Labute approximate surface area is 79.4 Å². The number of fused-ring (bicyclic) bond motifs is 1. The van der Waals surface area contributed by atoms with E-state index in [-0.39, 0.29) is 12.2 Å². The third-order valence-corrected chi connectivity index (χ3v) is 2.00. The second-order valence-electron chi connectivity index (χ2n) is 3.01. The molecule has 0 spiro atoms. The number of rotatable bonds is 2. The molecular weight excluding hydrogens is 184 g/mol. The highest BCUT2D eigenvalue weighted by Crippen LogP contribution is 2.25. The molecule has 0 fully saturated rings. The van der Waals surface area contributed by atoms with E-state index in [0.29, 0.717) is 11.1 Å². The summed E-state index contributed by atoms with van der Waals surface area (Å²) in [6, 6.07) is 4.75. The molecule has 0 unspecified atom stereocenters. The summed E-state index contributed by atoms with van der Waals surface area (Å²) in [6.07, 6.45) is 1.29. The molecule has 0 amide bonds. The van der Waals surface area contributed by atoms with Crippen LogP contribution in [0.5, 0.6) is 5.75 Å². The predicted molar refractivity (Wildman–Crippen MR) is 49.2 cm³/mol. The number of carbonyl (C=O) groups is 1. The molecule has 0 bridgehead atoms. The first-order chi connectivity index (χ1) is 6.66. The second-order valence-corrected chi connectivity index (χ2v) is 3.01. The van der Waals surface area contributed by atoms with Crippen molar-refractivity contribution in [1.82, 2.24) is 0 Å². The first-order valence-electron chi connectivity index (χ1n) is 4.07. The Hall–Kier alpha value is -1.97. The fraction of sp³-hybridized carbons (Fsp3) is 0.100. The van der Waals surface area contributed by atoms with E-state index >= 15 is 0 Å². The van der Waals surface area contributed by atoms with Gasteiger partial charge < -0.3 is 14.6 Å². The van der Waals surface area contributed by atoms with Gasteiger partial charge >= 0.3 is 5.97 Å². The second kappa shape index (κ2) is 3.06. The highest BCUT2D eigenvalue weighted by atomic mass is 16.4. The first kappa shape index (κ1) is 8.62. The van der Waals surface area contributed by atoms with Crippen molar-refractivity contribution in [3.63, 3.8) is 0 Å². The molecule has 0 radical (unpaired) electrons. The quantitative estimate of drug-likeness (QED) is 0.760. The van der Waals surface area contributed by atoms with Crippen LogP contribution in [0.15, 0.2) is 28.9 Å². The molecule has 4 heteroatoms. The lowest BCUT2D eigenvalue weighted by atomic mass is 10.1. The Morgan fingerprint density at radius 1 is 1.43 bits per heavy atom. The molecule has 2 aromatic rings. The van der Waals surface area contributed by atoms with Gasteiger partial charge in [-0.2, -0.15) is 0 Å². The summed E-state index contributed by atoms with van der Waals surface area (Å²) in [7, 11) is 0. The maximum absolute atomic E-state index is 10.5. The monoisotopic (exact) mass is 192 g/mol. The zero-order chi connectivity index (χ0) is 10.1. The van der Waals surface area contributed by atoms with Gasteiger partial charge in [-0.1, -0.05) is 0 Å². The lowest BCUT2D eigenvalue weighted by molar-refractivity contribution is -0.136. The summed E-state index contributed by atoms with van der Waals surface area (Å²) in [5.74, 6) is -0.993. The first-order valence-corrected chi connectivity index (χ1v) is 4.07. The Bertz CT molecular complexity index is 484. The number of phenolic OH excluding ortho intramolecular Hbond substituents is 1. The molecule has 0 saturated carbocycles. The van der Waals surface area contributed by atoms with Crippen molar-refractivity contribution in [3.05, 3.63) is 30.0 Å². The number of furan rings is 1. The van der Waals surface area contributed by atoms with E-state index in [0.717, 1.165) is 5.39 Å². The van der Waals surface area contributed by atoms with E-state index in [9.17, 15) is 9.90 Å². The van der Waals surface area contributed by atoms with Crippen LogP contribution in [0.25, 0.3) is 11.0 Å². The maximum atomic E-state index is 10.5. The molecule has 0 saturated heterocycles. The minimum absolute atomic E-state index is 0.0127. The van der Waals surface area contributed by atoms with Crippen LogP contribution in [-0.4, -0.2) is 16.2 Å². The van der Waals surface area contributed by atoms with Gasteiger partial charge in [-0.25, -0.2) is 0 Å². The Kier molecular flexibility index (Phi) is 1.89. The Morgan fingerprint density at radius 2 is 2.21 bits per heavy atom. The average Bonchev–Trinajstić information content (AvgIpc) is 2.51. The normalized spacial score (nSPS) is 10.6. The molecule has 2 N–H and O–H groups in total. The van der Waals surface area contributed by atoms with E-state index in [4.69, 9.17) is 9.52 Å². The van der Waals surface area contributed by atoms with Gasteiger partial charge in [0.25, 0.3) is 0 Å². The fourth-order valence-electron chi connectivity index (χ4n) is 1.34. The summed E-state index contributed by atoms with van der Waals surface area (Å²) in [5, 5.41) is 18.8. The van der Waals surface area contributed by atoms with E-state index in [1.54, 1.807) is 12.1 Å². The highest BCUT2D eigenvalue weighted by Gasteiger charge is 2.09. The third-order valence-electron chi connectivity index (χ3n) is 2.00. The summed E-state index contributed by atoms with van der Waals surface area (Å²) in [5.41, 5.74) is 0.944. The molecule has 72 valence electrons. The number of aromatic hydroxyl groups is 1. The molecule has 0 aliphatic carbocycles. The predicted octanol–water partition coefficient (Wildman–Crippen LogP) is 1.77. The van der Waals surface area contributed by atoms with Crippen molar-refractivity contribution in [2.75, 3.05) is 0 Å². The van der Waals surface area contributed by atoms with Gasteiger partial charge in [-0.05, 0) is 18.2 Å². The van der Waals surface area contributed by atoms with Crippen molar-refractivity contribution >= 4 is 16.9 Å². The zero-order valence-corrected chi connectivity index (χ0v) is 7.23. The average molecular weight is 192 g/mol. The Balaban J connectivity index is 2.53. The maximum Gasteiger partial charge on any atom is 0.307 e. The van der Waals surface area contributed by atoms with Gasteiger partial charge in [0.15, 0.2) is 0 Å². The van der Waals surface area contributed by atoms with Crippen LogP contribution in [0.1, 0.15) is 5.56 Å². The number of benzene rings is 1. The van der Waals surface area contributed by atoms with Crippen molar-refractivity contribution in [3.8, 4) is 5.75 Å². The van der Waals surface area contributed by atoms with Crippen LogP contribution in [0.4, 0.5) is 0 Å². The lowest BCUT2D eigenvalue weighted by Gasteiger charge is -2.00. The minimum atomic E-state index is -0.980. The van der Waals surface area contributed by atoms with Crippen LogP contribution in [-0.2, 0) is 11.2 Å². The van der Waals surface area contributed by atoms with E-state index in [1.165, 1.54) is 12.3 Å². The van der Waals surface area contributed by atoms with Crippen molar-refractivity contribution in [2.24, 2.45) is 0 Å². The summed E-state index contributed by atoms with van der Waals surface area (Å²) >= 11 is 0. The van der Waals surface area contributed by atoms with Crippen molar-refractivity contribution in [2.45, 2.75) is 6.42 Å². The van der Waals surface area contributed by atoms with Crippen LogP contribution >= 0.6 is 0 Å². The molecule has 0 atom stereocenters. The molecule has 0 aliphatic heterocycles. The van der Waals surface area contributed by atoms with E-state index in [2.05, 4.69) is 0 Å². The van der Waals surface area contributed by atoms with Crippen LogP contribution in [0.2, 0.25) is 0 Å². The molecule has 4 nitrogen and oxygen atoms in total. The molecule has 1 heterocycles. The van der Waals surface area contributed by atoms with Gasteiger partial charge in [-0.3, -0.25) is 4.79 Å². The van der Waals surface area contributed by atoms with Gasteiger partial charge in [0.05, 0.1) is 12.7 Å². The summed E-state index contributed by atoms with van der Waals surface area (Å²) in [6.45, 7) is 0. The van der Waals surface area contributed by atoms with Gasteiger partial charge in [0.2, 0.25) is 0 Å². The third kappa shape index (κ3) is 1.42. The van der Waals surface area contributed by atoms with E-state index < -0.39 is 5.97 Å². The van der Waals surface area contributed by atoms with Crippen LogP contribution < -0.4 is 0 Å². The van der Waals surface area contributed by atoms with Gasteiger partial charge in [0.1, 0.15) is 11.3 Å². The largest absolute Gasteiger partial charge is 0.508 e. The highest BCUT2D eigenvalue weighted by molar-refractivity contribution is 5.82. The molecule has 0 aliphatic rings. The van der Waals surface area contributed by atoms with E-state index in [1.807, 2.05) is 0 Å². The zero-order valence-electron chi connectivity index (χ0n) is 7.23. The van der Waals surface area contributed by atoms with Crippen molar-refractivity contribution < 1.29 is 19.4 Å². The number of hydrogen-bond donors (Lipinski definition) is 2. The van der Waals surface area contributed by atoms with Gasteiger partial charge in [0, 0.05) is 10.9 Å². The van der Waals surface area contributed by atoms with Crippen molar-refractivity contribution in [1.29, 1.82) is 0 Å². The SMILES string of the molecule is O=C(O)Cc1cc2occc2cc1O. The fourth-order valence-corrected chi connectivity index (χ4v) is 1.34. The lowest BCUT2D eigenvalue weighted by Crippen LogP contribution is -1.99. The van der Waals surface area contributed by atoms with Gasteiger partial charge in [-0.15, -0.1) is 0 Å². The summed E-state index contributed by atoms with van der Waals surface area (Å²) in [4.78, 5) is 10.5. The van der Waals surface area contributed by atoms with Crippen LogP contribution in [0.3, 0.4) is 0 Å². The number of carboxylic acid groups (broad SMARTS) is 1. The molecule has 2 rings (SSSR count). The molecule has 1 aromatic carbocycles. The number of phenols is 1. The number of aliphatic carboxylic acids is 1. The number of carboxylic acids is 1. The smallest absolute Gasteiger partial charge is 0.307 e. The topological polar surface area (TPSA) is 70.7 Å². The molecular formula is C10H8O4. The Morgan fingerprint density at radius 3 is 2.93 bits per heavy atom. The summed E-state index contributed by atoms with van der Waals surface area (Å²) < 4.78 is 5.09. The molecule has 1 aromatic heterocycles. The number of hydrogen-bond acceptors (Lipinski definition) is 3. The van der Waals surface area contributed by atoms with Crippen LogP contribution in [0, 0.1) is 0 Å². The molecule has 14 heavy (non-hydrogen) atoms. The standard InChI is InChI=1S/C10H8O4/c11-8-3-6-1-2-14-9(6)4-7(8)5-10(12)13/h1-4,11H,5H2,(H,12,13).